The molecule has 0 amide bonds. The molecule has 1 atom stereocenters. The van der Waals surface area contributed by atoms with Crippen molar-refractivity contribution in [3.8, 4) is 5.75 Å². The van der Waals surface area contributed by atoms with E-state index in [-0.39, 0.29) is 11.7 Å². The van der Waals surface area contributed by atoms with Crippen LogP contribution in [0.15, 0.2) is 42.7 Å². The van der Waals surface area contributed by atoms with E-state index in [1.807, 2.05) is 30.6 Å². The van der Waals surface area contributed by atoms with Crippen molar-refractivity contribution >= 4 is 11.9 Å². The second kappa shape index (κ2) is 14.5. The largest absolute Gasteiger partial charge is 0.497 e. The van der Waals surface area contributed by atoms with Gasteiger partial charge >= 0.3 is 24.3 Å². The molecule has 1 unspecified atom stereocenters. The number of nitrogens with zero attached hydrogens (tertiary/aromatic N) is 2. The van der Waals surface area contributed by atoms with Crippen molar-refractivity contribution in [3.63, 3.8) is 0 Å². The van der Waals surface area contributed by atoms with Gasteiger partial charge in [-0.1, -0.05) is 12.1 Å². The number of benzene rings is 1. The zero-order valence-electron chi connectivity index (χ0n) is 22.2. The van der Waals surface area contributed by atoms with Crippen LogP contribution < -0.4 is 4.74 Å². The molecular weight excluding hydrogens is 566 g/mol. The summed E-state index contributed by atoms with van der Waals surface area (Å²) in [7, 11) is 1.71. The number of carboxylic acids is 2. The highest BCUT2D eigenvalue weighted by Gasteiger charge is 2.47. The van der Waals surface area contributed by atoms with Gasteiger partial charge in [0.1, 0.15) is 5.75 Å². The monoisotopic (exact) mass is 596 g/mol. The summed E-state index contributed by atoms with van der Waals surface area (Å²) in [5, 5.41) is 14.2. The van der Waals surface area contributed by atoms with Gasteiger partial charge < -0.3 is 24.4 Å². The molecular formula is C26H30F6N2O7. The molecule has 2 aromatic rings. The number of carboxylic acid groups (broad SMARTS) is 2. The lowest BCUT2D eigenvalue weighted by Gasteiger charge is -2.53. The minimum atomic E-state index is -5.08. The maximum atomic E-state index is 10.6. The van der Waals surface area contributed by atoms with Crippen LogP contribution in [0.25, 0.3) is 0 Å². The van der Waals surface area contributed by atoms with Crippen molar-refractivity contribution in [2.75, 3.05) is 26.8 Å². The fourth-order valence-corrected chi connectivity index (χ4v) is 4.11. The Morgan fingerprint density at radius 1 is 1.10 bits per heavy atom. The van der Waals surface area contributed by atoms with E-state index in [1.54, 1.807) is 7.11 Å². The molecule has 1 aromatic heterocycles. The zero-order valence-corrected chi connectivity index (χ0v) is 22.2. The molecule has 2 N–H and O–H groups in total. The number of halogens is 6. The maximum Gasteiger partial charge on any atom is 0.490 e. The van der Waals surface area contributed by atoms with Crippen LogP contribution in [-0.2, 0) is 32.2 Å². The fourth-order valence-electron chi connectivity index (χ4n) is 4.11. The molecule has 9 nitrogen and oxygen atoms in total. The van der Waals surface area contributed by atoms with Gasteiger partial charge in [-0.3, -0.25) is 9.88 Å². The molecule has 15 heteroatoms. The highest BCUT2D eigenvalue weighted by atomic mass is 19.4. The summed E-state index contributed by atoms with van der Waals surface area (Å²) in [5.41, 5.74) is 3.65. The number of likely N-dealkylation sites (tertiary alicyclic amines) is 1. The average Bonchev–Trinajstić information content (AvgIpc) is 2.87. The van der Waals surface area contributed by atoms with Crippen LogP contribution >= 0.6 is 0 Å². The van der Waals surface area contributed by atoms with Gasteiger partial charge in [0.2, 0.25) is 0 Å². The number of alkyl halides is 6. The number of hydrogen-bond acceptors (Lipinski definition) is 7. The van der Waals surface area contributed by atoms with E-state index in [0.29, 0.717) is 6.61 Å². The fraction of sp³-hybridized carbons (Fsp3) is 0.500. The van der Waals surface area contributed by atoms with E-state index in [9.17, 15) is 26.3 Å². The van der Waals surface area contributed by atoms with Crippen molar-refractivity contribution in [2.45, 2.75) is 57.0 Å². The number of rotatable bonds is 6. The summed E-state index contributed by atoms with van der Waals surface area (Å²) in [4.78, 5) is 24.4. The predicted octanol–water partition coefficient (Wildman–Crippen LogP) is 4.62. The minimum Gasteiger partial charge on any atom is -0.497 e. The molecule has 2 saturated heterocycles. The summed E-state index contributed by atoms with van der Waals surface area (Å²) in [6, 6.07) is 10.3. The highest BCUT2D eigenvalue weighted by molar-refractivity contribution is 5.73. The Labute approximate surface area is 231 Å². The van der Waals surface area contributed by atoms with Crippen LogP contribution in [0.1, 0.15) is 29.5 Å². The highest BCUT2D eigenvalue weighted by Crippen LogP contribution is 2.36. The third-order valence-corrected chi connectivity index (χ3v) is 6.12. The molecule has 41 heavy (non-hydrogen) atoms. The predicted molar refractivity (Wildman–Crippen MR) is 131 cm³/mol. The van der Waals surface area contributed by atoms with Crippen LogP contribution in [0, 0.1) is 6.92 Å². The lowest BCUT2D eigenvalue weighted by atomic mass is 9.84. The SMILES string of the molecule is COc1cccc(CN2CC3(CC(OCc4cnccc4C)CCO3)C2)c1.O=C(O)C(F)(F)F.O=C(O)C(F)(F)F. The van der Waals surface area contributed by atoms with Crippen LogP contribution in [0.5, 0.6) is 5.75 Å². The molecule has 2 aliphatic rings. The van der Waals surface area contributed by atoms with Crippen molar-refractivity contribution in [3.05, 3.63) is 59.4 Å². The van der Waals surface area contributed by atoms with Crippen LogP contribution in [0.3, 0.4) is 0 Å². The van der Waals surface area contributed by atoms with Crippen LogP contribution in [0.2, 0.25) is 0 Å². The molecule has 2 fully saturated rings. The molecule has 3 heterocycles. The lowest BCUT2D eigenvalue weighted by molar-refractivity contribution is -0.200. The van der Waals surface area contributed by atoms with E-state index in [4.69, 9.17) is 34.0 Å². The van der Waals surface area contributed by atoms with Crippen LogP contribution in [0.4, 0.5) is 26.3 Å². The van der Waals surface area contributed by atoms with Gasteiger partial charge in [-0.25, -0.2) is 9.59 Å². The number of aryl methyl sites for hydroxylation is 1. The van der Waals surface area contributed by atoms with Gasteiger partial charge in [0.25, 0.3) is 0 Å². The molecule has 0 bridgehead atoms. The first-order valence-electron chi connectivity index (χ1n) is 12.2. The maximum absolute atomic E-state index is 10.6. The topological polar surface area (TPSA) is 118 Å². The quantitative estimate of drug-likeness (QED) is 0.461. The molecule has 1 aromatic carbocycles. The van der Waals surface area contributed by atoms with Crippen LogP contribution in [-0.4, -0.2) is 82.9 Å². The average molecular weight is 597 g/mol. The Hall–Kier alpha value is -3.43. The van der Waals surface area contributed by atoms with E-state index in [0.717, 1.165) is 44.8 Å². The standard InChI is InChI=1S/C22H28N2O3.2C2HF3O2/c1-17-6-8-23-12-19(17)14-26-21-7-9-27-22(11-21)15-24(16-22)13-18-4-3-5-20(10-18)25-2;2*3-2(4,5)1(6)7/h3-6,8,10,12,21H,7,9,11,13-16H2,1-2H3;2*(H,6,7). The van der Waals surface area contributed by atoms with Crippen molar-refractivity contribution < 1.29 is 60.4 Å². The van der Waals surface area contributed by atoms with E-state index in [1.165, 1.54) is 16.7 Å². The normalized spacial score (nSPS) is 18.2. The van der Waals surface area contributed by atoms with Gasteiger partial charge in [0, 0.05) is 45.1 Å². The number of aliphatic carboxylic acids is 2. The Morgan fingerprint density at radius 3 is 2.24 bits per heavy atom. The molecule has 0 aliphatic carbocycles. The van der Waals surface area contributed by atoms with Gasteiger partial charge in [-0.05, 0) is 48.2 Å². The summed E-state index contributed by atoms with van der Waals surface area (Å²) in [5.74, 6) is -4.60. The lowest BCUT2D eigenvalue weighted by Crippen LogP contribution is -2.65. The summed E-state index contributed by atoms with van der Waals surface area (Å²) < 4.78 is 81.2. The van der Waals surface area contributed by atoms with E-state index in [2.05, 4.69) is 28.9 Å². The summed E-state index contributed by atoms with van der Waals surface area (Å²) in [6.45, 7) is 6.39. The third kappa shape index (κ3) is 11.2. The number of pyridine rings is 1. The molecule has 0 radical (unpaired) electrons. The number of carbonyl (C=O) groups is 2. The van der Waals surface area contributed by atoms with E-state index < -0.39 is 24.3 Å². The molecule has 2 aliphatic heterocycles. The smallest absolute Gasteiger partial charge is 0.490 e. The van der Waals surface area contributed by atoms with E-state index >= 15 is 0 Å². The molecule has 228 valence electrons. The van der Waals surface area contributed by atoms with Gasteiger partial charge in [0.15, 0.2) is 0 Å². The molecule has 1 spiro atoms. The van der Waals surface area contributed by atoms with Crippen molar-refractivity contribution in [1.82, 2.24) is 9.88 Å². The van der Waals surface area contributed by atoms with Crippen molar-refractivity contribution in [1.29, 1.82) is 0 Å². The first-order valence-corrected chi connectivity index (χ1v) is 12.2. The van der Waals surface area contributed by atoms with Gasteiger partial charge in [0.05, 0.1) is 25.4 Å². The molecule has 0 saturated carbocycles. The second-order valence-corrected chi connectivity index (χ2v) is 9.36. The van der Waals surface area contributed by atoms with Crippen molar-refractivity contribution in [2.24, 2.45) is 0 Å². The minimum absolute atomic E-state index is 0.0359. The third-order valence-electron chi connectivity index (χ3n) is 6.12. The Bertz CT molecular complexity index is 1130. The summed E-state index contributed by atoms with van der Waals surface area (Å²) >= 11 is 0. The Balaban J connectivity index is 0.000000349. The number of aromatic nitrogens is 1. The first kappa shape index (κ1) is 33.8. The molecule has 4 rings (SSSR count). The first-order chi connectivity index (χ1) is 19.0. The number of ether oxygens (including phenoxy) is 3. The Kier molecular flexibility index (Phi) is 11.9. The second-order valence-electron chi connectivity index (χ2n) is 9.36. The summed E-state index contributed by atoms with van der Waals surface area (Å²) in [6.07, 6.45) is -4.23. The number of methoxy groups -OCH3 is 1. The van der Waals surface area contributed by atoms with Gasteiger partial charge in [-0.2, -0.15) is 26.3 Å². The Morgan fingerprint density at radius 2 is 1.71 bits per heavy atom. The number of hydrogen-bond donors (Lipinski definition) is 2. The zero-order chi connectivity index (χ0) is 30.8. The van der Waals surface area contributed by atoms with Gasteiger partial charge in [-0.15, -0.1) is 0 Å².